The number of hydrogen-bond acceptors (Lipinski definition) is 3. The van der Waals surface area contributed by atoms with Crippen LogP contribution in [0.3, 0.4) is 0 Å². The van der Waals surface area contributed by atoms with Crippen LogP contribution in [0.5, 0.6) is 0 Å². The van der Waals surface area contributed by atoms with Gasteiger partial charge in [0, 0.05) is 24.3 Å². The predicted molar refractivity (Wildman–Crippen MR) is 102 cm³/mol. The number of carbonyl (C=O) groups is 2. The molecule has 0 aromatic heterocycles. The maximum atomic E-state index is 12.6. The average Bonchev–Trinajstić information content (AvgIpc) is 3.02. The fraction of sp³-hybridized carbons (Fsp3) is 0.263. The highest BCUT2D eigenvalue weighted by Crippen LogP contribution is 2.25. The van der Waals surface area contributed by atoms with Crippen molar-refractivity contribution in [2.24, 2.45) is 5.73 Å². The number of carbonyl (C=O) groups excluding carboxylic acids is 2. The SMILES string of the molecule is CC(N)(C(=O)Nc1cccc(N2CCCC2=O)c1)c1ccccc1.Cl. The van der Waals surface area contributed by atoms with E-state index in [1.54, 1.807) is 17.9 Å². The summed E-state index contributed by atoms with van der Waals surface area (Å²) in [6.45, 7) is 2.40. The Morgan fingerprint density at radius 1 is 1.16 bits per heavy atom. The van der Waals surface area contributed by atoms with Gasteiger partial charge in [-0.1, -0.05) is 36.4 Å². The summed E-state index contributed by atoms with van der Waals surface area (Å²) < 4.78 is 0. The van der Waals surface area contributed by atoms with Gasteiger partial charge in [0.05, 0.1) is 0 Å². The van der Waals surface area contributed by atoms with Gasteiger partial charge in [-0.25, -0.2) is 0 Å². The number of rotatable bonds is 4. The van der Waals surface area contributed by atoms with Gasteiger partial charge in [0.15, 0.2) is 0 Å². The van der Waals surface area contributed by atoms with E-state index >= 15 is 0 Å². The van der Waals surface area contributed by atoms with Crippen LogP contribution < -0.4 is 16.0 Å². The molecule has 1 heterocycles. The largest absolute Gasteiger partial charge is 0.324 e. The second-order valence-corrected chi connectivity index (χ2v) is 6.22. The summed E-state index contributed by atoms with van der Waals surface area (Å²) in [5.41, 5.74) is 7.27. The van der Waals surface area contributed by atoms with E-state index in [1.807, 2.05) is 48.5 Å². The van der Waals surface area contributed by atoms with Gasteiger partial charge in [-0.05, 0) is 37.1 Å². The first-order valence-electron chi connectivity index (χ1n) is 8.05. The molecule has 0 spiro atoms. The molecule has 0 aliphatic carbocycles. The van der Waals surface area contributed by atoms with E-state index < -0.39 is 5.54 Å². The quantitative estimate of drug-likeness (QED) is 0.880. The van der Waals surface area contributed by atoms with Crippen molar-refractivity contribution < 1.29 is 9.59 Å². The van der Waals surface area contributed by atoms with Crippen molar-refractivity contribution in [1.82, 2.24) is 0 Å². The summed E-state index contributed by atoms with van der Waals surface area (Å²) in [5.74, 6) is -0.176. The van der Waals surface area contributed by atoms with E-state index in [4.69, 9.17) is 5.73 Å². The van der Waals surface area contributed by atoms with Crippen molar-refractivity contribution in [2.75, 3.05) is 16.8 Å². The Labute approximate surface area is 153 Å². The number of nitrogens with one attached hydrogen (secondary N) is 1. The molecule has 2 aromatic carbocycles. The summed E-state index contributed by atoms with van der Waals surface area (Å²) in [5, 5.41) is 2.86. The maximum Gasteiger partial charge on any atom is 0.248 e. The van der Waals surface area contributed by atoms with Crippen molar-refractivity contribution in [3.05, 3.63) is 60.2 Å². The van der Waals surface area contributed by atoms with Crippen molar-refractivity contribution in [3.63, 3.8) is 0 Å². The Morgan fingerprint density at radius 2 is 1.88 bits per heavy atom. The summed E-state index contributed by atoms with van der Waals surface area (Å²) in [4.78, 5) is 26.2. The second kappa shape index (κ2) is 7.68. The third-order valence-electron chi connectivity index (χ3n) is 4.33. The molecule has 1 fully saturated rings. The molecule has 1 atom stereocenters. The number of nitrogens with zero attached hydrogens (tertiary/aromatic N) is 1. The normalized spacial score (nSPS) is 16.1. The van der Waals surface area contributed by atoms with Crippen LogP contribution in [-0.2, 0) is 15.1 Å². The van der Waals surface area contributed by atoms with Gasteiger partial charge in [-0.2, -0.15) is 0 Å². The molecule has 0 bridgehead atoms. The van der Waals surface area contributed by atoms with Crippen LogP contribution in [0.2, 0.25) is 0 Å². The van der Waals surface area contributed by atoms with Crippen LogP contribution >= 0.6 is 12.4 Å². The van der Waals surface area contributed by atoms with Gasteiger partial charge in [-0.15, -0.1) is 12.4 Å². The van der Waals surface area contributed by atoms with Crippen LogP contribution in [0.1, 0.15) is 25.3 Å². The summed E-state index contributed by atoms with van der Waals surface area (Å²) >= 11 is 0. The van der Waals surface area contributed by atoms with Crippen LogP contribution in [-0.4, -0.2) is 18.4 Å². The molecule has 0 radical (unpaired) electrons. The monoisotopic (exact) mass is 359 g/mol. The van der Waals surface area contributed by atoms with Crippen molar-refractivity contribution in [2.45, 2.75) is 25.3 Å². The lowest BCUT2D eigenvalue weighted by Crippen LogP contribution is -2.45. The van der Waals surface area contributed by atoms with Gasteiger partial charge >= 0.3 is 0 Å². The molecule has 2 amide bonds. The van der Waals surface area contributed by atoms with Gasteiger partial charge in [0.25, 0.3) is 0 Å². The van der Waals surface area contributed by atoms with Crippen molar-refractivity contribution in [3.8, 4) is 0 Å². The number of benzene rings is 2. The molecule has 3 N–H and O–H groups in total. The van der Waals surface area contributed by atoms with E-state index in [9.17, 15) is 9.59 Å². The van der Waals surface area contributed by atoms with E-state index in [0.717, 1.165) is 24.2 Å². The van der Waals surface area contributed by atoms with Crippen molar-refractivity contribution in [1.29, 1.82) is 0 Å². The molecule has 5 nitrogen and oxygen atoms in total. The predicted octanol–water partition coefficient (Wildman–Crippen LogP) is 3.05. The zero-order valence-electron chi connectivity index (χ0n) is 14.1. The lowest BCUT2D eigenvalue weighted by atomic mass is 9.92. The summed E-state index contributed by atoms with van der Waals surface area (Å²) in [6, 6.07) is 16.6. The Bertz CT molecular complexity index is 762. The minimum atomic E-state index is -1.14. The second-order valence-electron chi connectivity index (χ2n) is 6.22. The number of halogens is 1. The zero-order chi connectivity index (χ0) is 17.2. The van der Waals surface area contributed by atoms with E-state index in [1.165, 1.54) is 0 Å². The minimum Gasteiger partial charge on any atom is -0.324 e. The highest BCUT2D eigenvalue weighted by Gasteiger charge is 2.30. The molecule has 2 aromatic rings. The third-order valence-corrected chi connectivity index (χ3v) is 4.33. The maximum absolute atomic E-state index is 12.6. The zero-order valence-corrected chi connectivity index (χ0v) is 14.9. The molecular formula is C19H22ClN3O2. The van der Waals surface area contributed by atoms with E-state index in [-0.39, 0.29) is 24.2 Å². The van der Waals surface area contributed by atoms with Crippen LogP contribution in [0.4, 0.5) is 11.4 Å². The minimum absolute atomic E-state index is 0. The van der Waals surface area contributed by atoms with Gasteiger partial charge in [0.2, 0.25) is 11.8 Å². The Morgan fingerprint density at radius 3 is 2.52 bits per heavy atom. The number of nitrogens with two attached hydrogens (primary N) is 1. The fourth-order valence-electron chi connectivity index (χ4n) is 2.85. The van der Waals surface area contributed by atoms with Gasteiger partial charge in [0.1, 0.15) is 5.54 Å². The number of anilines is 2. The molecule has 132 valence electrons. The molecule has 1 saturated heterocycles. The average molecular weight is 360 g/mol. The fourth-order valence-corrected chi connectivity index (χ4v) is 2.85. The lowest BCUT2D eigenvalue weighted by molar-refractivity contribution is -0.121. The van der Waals surface area contributed by atoms with E-state index in [0.29, 0.717) is 12.1 Å². The van der Waals surface area contributed by atoms with Crippen LogP contribution in [0, 0.1) is 0 Å². The van der Waals surface area contributed by atoms with E-state index in [2.05, 4.69) is 5.32 Å². The Kier molecular flexibility index (Phi) is 5.82. The standard InChI is InChI=1S/C19H21N3O2.ClH/c1-19(20,14-7-3-2-4-8-14)18(24)21-15-9-5-10-16(13-15)22-12-6-11-17(22)23;/h2-5,7-10,13H,6,11-12,20H2,1H3,(H,21,24);1H. The first-order chi connectivity index (χ1) is 11.5. The smallest absolute Gasteiger partial charge is 0.248 e. The Balaban J connectivity index is 0.00000225. The topological polar surface area (TPSA) is 75.4 Å². The van der Waals surface area contributed by atoms with Crippen LogP contribution in [0.25, 0.3) is 0 Å². The van der Waals surface area contributed by atoms with Crippen LogP contribution in [0.15, 0.2) is 54.6 Å². The highest BCUT2D eigenvalue weighted by atomic mass is 35.5. The molecule has 1 aliphatic rings. The molecule has 1 unspecified atom stereocenters. The molecule has 25 heavy (non-hydrogen) atoms. The molecule has 6 heteroatoms. The molecule has 0 saturated carbocycles. The van der Waals surface area contributed by atoms with Gasteiger partial charge in [-0.3, -0.25) is 9.59 Å². The number of hydrogen-bond donors (Lipinski definition) is 2. The lowest BCUT2D eigenvalue weighted by Gasteiger charge is -2.24. The molecule has 3 rings (SSSR count). The molecular weight excluding hydrogens is 338 g/mol. The number of amides is 2. The van der Waals surface area contributed by atoms with Gasteiger partial charge < -0.3 is 16.0 Å². The summed E-state index contributed by atoms with van der Waals surface area (Å²) in [6.07, 6.45) is 1.44. The first kappa shape index (κ1) is 19.0. The highest BCUT2D eigenvalue weighted by molar-refractivity contribution is 6.00. The summed E-state index contributed by atoms with van der Waals surface area (Å²) in [7, 11) is 0. The van der Waals surface area contributed by atoms with Crippen molar-refractivity contribution >= 4 is 35.6 Å². The Hall–Kier alpha value is -2.37. The third kappa shape index (κ3) is 4.00. The molecule has 1 aliphatic heterocycles. The first-order valence-corrected chi connectivity index (χ1v) is 8.05.